The zero-order valence-electron chi connectivity index (χ0n) is 14.2. The minimum Gasteiger partial charge on any atom is -0.468 e. The molecule has 1 saturated heterocycles. The maximum Gasteiger partial charge on any atom is 0.320 e. The predicted octanol–water partition coefficient (Wildman–Crippen LogP) is 0.599. The first-order chi connectivity index (χ1) is 11.8. The Morgan fingerprint density at radius 3 is 2.44 bits per heavy atom. The topological polar surface area (TPSA) is 93.2 Å². The molecule has 0 aromatic heterocycles. The normalized spacial score (nSPS) is 18.2. The van der Waals surface area contributed by atoms with E-state index in [-0.39, 0.29) is 23.3 Å². The zero-order valence-corrected chi connectivity index (χ0v) is 15.8. The van der Waals surface area contributed by atoms with Crippen LogP contribution in [0.2, 0.25) is 0 Å². The summed E-state index contributed by atoms with van der Waals surface area (Å²) in [7, 11) is 0.0972. The number of ether oxygens (including phenoxy) is 1. The molecule has 138 valence electrons. The van der Waals surface area contributed by atoms with E-state index >= 15 is 0 Å². The van der Waals surface area contributed by atoms with Crippen LogP contribution >= 0.6 is 11.8 Å². The minimum absolute atomic E-state index is 0.0232. The summed E-state index contributed by atoms with van der Waals surface area (Å²) in [6.45, 7) is 0.784. The number of hydrogen-bond acceptors (Lipinski definition) is 7. The lowest BCUT2D eigenvalue weighted by Crippen LogP contribution is -2.44. The fourth-order valence-corrected chi connectivity index (χ4v) is 4.41. The van der Waals surface area contributed by atoms with Gasteiger partial charge in [0.1, 0.15) is 5.25 Å². The molecule has 0 spiro atoms. The summed E-state index contributed by atoms with van der Waals surface area (Å²) in [5.74, 6) is 0.0288. The molecular formula is C15H20N2O6S2. The smallest absolute Gasteiger partial charge is 0.320 e. The van der Waals surface area contributed by atoms with Gasteiger partial charge in [-0.2, -0.15) is 0 Å². The molecule has 2 rings (SSSR count). The number of amides is 1. The number of carbonyl (C=O) groups excluding carboxylic acids is 2. The van der Waals surface area contributed by atoms with Crippen LogP contribution in [0.3, 0.4) is 0 Å². The Balaban J connectivity index is 2.14. The van der Waals surface area contributed by atoms with E-state index in [1.165, 1.54) is 57.3 Å². The second kappa shape index (κ2) is 8.17. The highest BCUT2D eigenvalue weighted by Crippen LogP contribution is 2.22. The maximum absolute atomic E-state index is 12.6. The Kier molecular flexibility index (Phi) is 6.44. The van der Waals surface area contributed by atoms with E-state index in [0.717, 1.165) is 4.47 Å². The third kappa shape index (κ3) is 4.32. The van der Waals surface area contributed by atoms with Crippen molar-refractivity contribution in [2.45, 2.75) is 10.1 Å². The molecule has 0 N–H and O–H groups in total. The number of benzene rings is 1. The van der Waals surface area contributed by atoms with Gasteiger partial charge in [0.25, 0.3) is 15.9 Å². The average Bonchev–Trinajstić information content (AvgIpc) is 2.66. The number of rotatable bonds is 5. The number of sulfonamides is 1. The number of esters is 1. The SMILES string of the molecule is COC(=O)[C@H]1CN(C(=O)c2ccc(S(=O)(=O)N(C)OC)cc2)CCS1. The molecule has 1 fully saturated rings. The van der Waals surface area contributed by atoms with E-state index in [4.69, 9.17) is 9.57 Å². The van der Waals surface area contributed by atoms with Crippen LogP contribution in [0.1, 0.15) is 10.4 Å². The minimum atomic E-state index is -3.76. The standard InChI is InChI=1S/C15H20N2O6S2/c1-16(23-3)25(20,21)12-6-4-11(5-7-12)14(18)17-8-9-24-13(10-17)15(19)22-2/h4-7,13H,8-10H2,1-3H3/t13-/m1/s1. The number of thioether (sulfide) groups is 1. The summed E-state index contributed by atoms with van der Waals surface area (Å²) >= 11 is 1.46. The van der Waals surface area contributed by atoms with Gasteiger partial charge >= 0.3 is 5.97 Å². The van der Waals surface area contributed by atoms with E-state index in [2.05, 4.69) is 0 Å². The summed E-state index contributed by atoms with van der Waals surface area (Å²) in [5, 5.41) is -0.405. The Hall–Kier alpha value is -1.62. The van der Waals surface area contributed by atoms with Gasteiger partial charge in [-0.1, -0.05) is 4.47 Å². The first-order valence-electron chi connectivity index (χ1n) is 7.43. The van der Waals surface area contributed by atoms with Crippen molar-refractivity contribution >= 4 is 33.7 Å². The van der Waals surface area contributed by atoms with Crippen LogP contribution in [0, 0.1) is 0 Å². The molecule has 10 heteroatoms. The van der Waals surface area contributed by atoms with Crippen molar-refractivity contribution in [2.75, 3.05) is 40.1 Å². The van der Waals surface area contributed by atoms with E-state index in [1.54, 1.807) is 4.90 Å². The van der Waals surface area contributed by atoms with Crippen molar-refractivity contribution < 1.29 is 27.6 Å². The van der Waals surface area contributed by atoms with Crippen LogP contribution in [-0.4, -0.2) is 75.0 Å². The van der Waals surface area contributed by atoms with Gasteiger partial charge < -0.3 is 9.64 Å². The van der Waals surface area contributed by atoms with Gasteiger partial charge in [0.2, 0.25) is 0 Å². The molecule has 1 aliphatic rings. The van der Waals surface area contributed by atoms with Crippen LogP contribution in [0.5, 0.6) is 0 Å². The second-order valence-electron chi connectivity index (χ2n) is 5.26. The average molecular weight is 388 g/mol. The first-order valence-corrected chi connectivity index (χ1v) is 9.92. The van der Waals surface area contributed by atoms with Crippen LogP contribution in [0.15, 0.2) is 29.2 Å². The molecule has 0 radical (unpaired) electrons. The molecule has 1 atom stereocenters. The van der Waals surface area contributed by atoms with Crippen molar-refractivity contribution in [1.82, 2.24) is 9.37 Å². The quantitative estimate of drug-likeness (QED) is 0.539. The Morgan fingerprint density at radius 2 is 1.88 bits per heavy atom. The summed E-state index contributed by atoms with van der Waals surface area (Å²) in [5.41, 5.74) is 0.356. The van der Waals surface area contributed by atoms with Crippen molar-refractivity contribution in [3.05, 3.63) is 29.8 Å². The van der Waals surface area contributed by atoms with Crippen LogP contribution in [-0.2, 0) is 24.4 Å². The van der Waals surface area contributed by atoms with E-state index in [0.29, 0.717) is 17.9 Å². The van der Waals surface area contributed by atoms with Crippen molar-refractivity contribution in [3.63, 3.8) is 0 Å². The largest absolute Gasteiger partial charge is 0.468 e. The highest BCUT2D eigenvalue weighted by Gasteiger charge is 2.30. The molecular weight excluding hydrogens is 368 g/mol. The zero-order chi connectivity index (χ0) is 18.6. The third-order valence-electron chi connectivity index (χ3n) is 3.81. The number of methoxy groups -OCH3 is 1. The lowest BCUT2D eigenvalue weighted by molar-refractivity contribution is -0.140. The molecule has 1 amide bonds. The number of carbonyl (C=O) groups is 2. The number of nitrogens with zero attached hydrogens (tertiary/aromatic N) is 2. The Labute approximate surface area is 151 Å². The monoisotopic (exact) mass is 388 g/mol. The maximum atomic E-state index is 12.6. The van der Waals surface area contributed by atoms with E-state index in [1.807, 2.05) is 0 Å². The fourth-order valence-electron chi connectivity index (χ4n) is 2.31. The lowest BCUT2D eigenvalue weighted by Gasteiger charge is -2.31. The molecule has 0 saturated carbocycles. The predicted molar refractivity (Wildman–Crippen MR) is 92.6 cm³/mol. The summed E-state index contributed by atoms with van der Waals surface area (Å²) in [6, 6.07) is 5.62. The molecule has 0 aliphatic carbocycles. The van der Waals surface area contributed by atoms with Crippen molar-refractivity contribution in [2.24, 2.45) is 0 Å². The van der Waals surface area contributed by atoms with Crippen LogP contribution in [0.4, 0.5) is 0 Å². The molecule has 1 heterocycles. The fraction of sp³-hybridized carbons (Fsp3) is 0.467. The molecule has 1 aromatic rings. The number of hydrogen-bond donors (Lipinski definition) is 0. The molecule has 8 nitrogen and oxygen atoms in total. The van der Waals surface area contributed by atoms with Crippen molar-refractivity contribution in [3.8, 4) is 0 Å². The van der Waals surface area contributed by atoms with Crippen LogP contribution in [0.25, 0.3) is 0 Å². The molecule has 0 bridgehead atoms. The number of hydroxylamine groups is 1. The molecule has 0 unspecified atom stereocenters. The summed E-state index contributed by atoms with van der Waals surface area (Å²) in [6.07, 6.45) is 0. The van der Waals surface area contributed by atoms with Gasteiger partial charge in [0.15, 0.2) is 0 Å². The highest BCUT2D eigenvalue weighted by molar-refractivity contribution is 8.00. The first kappa shape index (κ1) is 19.7. The van der Waals surface area contributed by atoms with Gasteiger partial charge in [0.05, 0.1) is 19.1 Å². The van der Waals surface area contributed by atoms with Crippen LogP contribution < -0.4 is 0 Å². The van der Waals surface area contributed by atoms with Gasteiger partial charge in [-0.25, -0.2) is 8.42 Å². The molecule has 1 aromatic carbocycles. The second-order valence-corrected chi connectivity index (χ2v) is 8.50. The molecule has 25 heavy (non-hydrogen) atoms. The van der Waals surface area contributed by atoms with Gasteiger partial charge in [-0.15, -0.1) is 11.8 Å². The summed E-state index contributed by atoms with van der Waals surface area (Å²) in [4.78, 5) is 30.5. The van der Waals surface area contributed by atoms with E-state index < -0.39 is 15.3 Å². The van der Waals surface area contributed by atoms with Gasteiger partial charge in [0, 0.05) is 31.5 Å². The van der Waals surface area contributed by atoms with E-state index in [9.17, 15) is 18.0 Å². The Morgan fingerprint density at radius 1 is 1.24 bits per heavy atom. The third-order valence-corrected chi connectivity index (χ3v) is 6.67. The van der Waals surface area contributed by atoms with Gasteiger partial charge in [-0.3, -0.25) is 14.4 Å². The summed E-state index contributed by atoms with van der Waals surface area (Å²) < 4.78 is 29.8. The Bertz CT molecular complexity index is 735. The highest BCUT2D eigenvalue weighted by atomic mass is 32.2. The molecule has 1 aliphatic heterocycles. The van der Waals surface area contributed by atoms with Gasteiger partial charge in [-0.05, 0) is 24.3 Å². The van der Waals surface area contributed by atoms with Crippen molar-refractivity contribution in [1.29, 1.82) is 0 Å². The lowest BCUT2D eigenvalue weighted by atomic mass is 10.2.